The molecule has 1 N–H and O–H groups in total. The van der Waals surface area contributed by atoms with Gasteiger partial charge in [-0.1, -0.05) is 43.1 Å². The molecule has 2 nitrogen and oxygen atoms in total. The molecule has 4 rings (SSSR count). The van der Waals surface area contributed by atoms with Gasteiger partial charge in [-0.3, -0.25) is 9.71 Å². The highest BCUT2D eigenvalue weighted by atomic mass is 32.2. The number of nitrogens with zero attached hydrogens (tertiary/aromatic N) is 1. The predicted octanol–water partition coefficient (Wildman–Crippen LogP) is 5.82. The average molecular weight is 405 g/mol. The topological polar surface area (TPSA) is 24.9 Å². The molecular formula is C22H23F3N2S. The Hall–Kier alpha value is -1.79. The van der Waals surface area contributed by atoms with Crippen molar-refractivity contribution >= 4 is 18.0 Å². The van der Waals surface area contributed by atoms with Gasteiger partial charge in [0, 0.05) is 35.4 Å². The fourth-order valence-electron chi connectivity index (χ4n) is 4.35. The molecule has 1 saturated carbocycles. The minimum Gasteiger partial charge on any atom is -0.261 e. The van der Waals surface area contributed by atoms with Crippen LogP contribution >= 0.6 is 11.9 Å². The van der Waals surface area contributed by atoms with E-state index in [1.54, 1.807) is 19.2 Å². The predicted molar refractivity (Wildman–Crippen MR) is 108 cm³/mol. The van der Waals surface area contributed by atoms with Crippen LogP contribution in [0.2, 0.25) is 0 Å². The number of halogens is 3. The van der Waals surface area contributed by atoms with E-state index in [-0.39, 0.29) is 35.4 Å². The summed E-state index contributed by atoms with van der Waals surface area (Å²) in [6, 6.07) is 10.3. The van der Waals surface area contributed by atoms with Crippen molar-refractivity contribution < 1.29 is 13.2 Å². The summed E-state index contributed by atoms with van der Waals surface area (Å²) < 4.78 is 45.7. The van der Waals surface area contributed by atoms with Crippen molar-refractivity contribution in [3.05, 3.63) is 60.2 Å². The first kappa shape index (κ1) is 19.5. The van der Waals surface area contributed by atoms with Gasteiger partial charge in [0.05, 0.1) is 5.69 Å². The standard InChI is InChI=1S/C22H23F3N2S/c1-13-19(21-14(2)27-28-20(21)11-22(13,24)25)9-8-18-7-6-16(12-26-18)15-4-3-5-17(23)10-15/h3-10,12-14,19-21,27H,11H2,1-2H3/b9-8+/t13?,14?,19-,20?,21?/m0/s1. The van der Waals surface area contributed by atoms with E-state index in [0.29, 0.717) is 5.69 Å². The van der Waals surface area contributed by atoms with Crippen LogP contribution in [0.25, 0.3) is 17.2 Å². The van der Waals surface area contributed by atoms with Gasteiger partial charge >= 0.3 is 0 Å². The lowest BCUT2D eigenvalue weighted by molar-refractivity contribution is -0.106. The molecule has 1 aliphatic heterocycles. The summed E-state index contributed by atoms with van der Waals surface area (Å²) in [6.07, 6.45) is 5.37. The summed E-state index contributed by atoms with van der Waals surface area (Å²) in [4.78, 5) is 4.42. The Bertz CT molecular complexity index is 868. The number of hydrogen-bond donors (Lipinski definition) is 1. The third-order valence-electron chi connectivity index (χ3n) is 6.01. The SMILES string of the molecule is CC1NSC2CC(F)(F)C(C)[C@H](/C=C/c3ccc(-c4cccc(F)c4)cn3)C12. The molecule has 28 heavy (non-hydrogen) atoms. The van der Waals surface area contributed by atoms with E-state index in [2.05, 4.69) is 16.6 Å². The summed E-state index contributed by atoms with van der Waals surface area (Å²) >= 11 is 1.45. The maximum Gasteiger partial charge on any atom is 0.252 e. The number of aromatic nitrogens is 1. The van der Waals surface area contributed by atoms with Gasteiger partial charge in [-0.25, -0.2) is 13.2 Å². The normalized spacial score (nSPS) is 31.8. The van der Waals surface area contributed by atoms with Crippen LogP contribution in [0, 0.1) is 23.6 Å². The summed E-state index contributed by atoms with van der Waals surface area (Å²) in [5, 5.41) is -0.0702. The van der Waals surface area contributed by atoms with Gasteiger partial charge in [-0.2, -0.15) is 0 Å². The van der Waals surface area contributed by atoms with Crippen molar-refractivity contribution in [3.63, 3.8) is 0 Å². The van der Waals surface area contributed by atoms with Crippen LogP contribution in [0.15, 0.2) is 48.7 Å². The van der Waals surface area contributed by atoms with E-state index in [9.17, 15) is 13.2 Å². The Morgan fingerprint density at radius 3 is 2.71 bits per heavy atom. The third-order valence-corrected chi connectivity index (χ3v) is 7.30. The minimum atomic E-state index is -2.66. The Morgan fingerprint density at radius 2 is 2.00 bits per heavy atom. The lowest BCUT2D eigenvalue weighted by atomic mass is 9.68. The summed E-state index contributed by atoms with van der Waals surface area (Å²) in [7, 11) is 0. The quantitative estimate of drug-likeness (QED) is 0.653. The molecule has 4 unspecified atom stereocenters. The molecule has 1 aromatic carbocycles. The van der Waals surface area contributed by atoms with Crippen LogP contribution in [-0.4, -0.2) is 22.2 Å². The number of nitrogens with one attached hydrogen (secondary N) is 1. The van der Waals surface area contributed by atoms with Crippen molar-refractivity contribution in [2.45, 2.75) is 37.5 Å². The van der Waals surface area contributed by atoms with Crippen molar-refractivity contribution in [1.29, 1.82) is 0 Å². The summed E-state index contributed by atoms with van der Waals surface area (Å²) in [5.41, 5.74) is 2.29. The lowest BCUT2D eigenvalue weighted by Crippen LogP contribution is -2.47. The molecule has 2 heterocycles. The van der Waals surface area contributed by atoms with Gasteiger partial charge in [0.25, 0.3) is 5.92 Å². The zero-order valence-electron chi connectivity index (χ0n) is 15.8. The number of allylic oxidation sites excluding steroid dienone is 1. The molecule has 1 aromatic heterocycles. The molecular weight excluding hydrogens is 381 g/mol. The Balaban J connectivity index is 1.55. The molecule has 148 valence electrons. The minimum absolute atomic E-state index is 0.0637. The number of benzene rings is 1. The first-order valence-corrected chi connectivity index (χ1v) is 10.4. The van der Waals surface area contributed by atoms with E-state index >= 15 is 0 Å². The monoisotopic (exact) mass is 404 g/mol. The molecule has 0 bridgehead atoms. The van der Waals surface area contributed by atoms with Crippen LogP contribution in [0.3, 0.4) is 0 Å². The van der Waals surface area contributed by atoms with Gasteiger partial charge in [-0.05, 0) is 48.6 Å². The van der Waals surface area contributed by atoms with Crippen LogP contribution in [0.4, 0.5) is 13.2 Å². The highest BCUT2D eigenvalue weighted by molar-refractivity contribution is 7.98. The fraction of sp³-hybridized carbons (Fsp3) is 0.409. The Morgan fingerprint density at radius 1 is 1.18 bits per heavy atom. The van der Waals surface area contributed by atoms with E-state index in [4.69, 9.17) is 0 Å². The van der Waals surface area contributed by atoms with Crippen molar-refractivity contribution in [2.24, 2.45) is 17.8 Å². The molecule has 0 radical (unpaired) electrons. The smallest absolute Gasteiger partial charge is 0.252 e. The average Bonchev–Trinajstić information content (AvgIpc) is 3.02. The highest BCUT2D eigenvalue weighted by Gasteiger charge is 2.55. The molecule has 0 spiro atoms. The Kier molecular flexibility index (Phi) is 5.27. The number of rotatable bonds is 3. The molecule has 2 aromatic rings. The molecule has 0 amide bonds. The largest absolute Gasteiger partial charge is 0.261 e. The second-order valence-corrected chi connectivity index (χ2v) is 8.89. The zero-order valence-corrected chi connectivity index (χ0v) is 16.6. The molecule has 2 aliphatic rings. The van der Waals surface area contributed by atoms with E-state index in [1.807, 2.05) is 30.4 Å². The second-order valence-electron chi connectivity index (χ2n) is 7.81. The van der Waals surface area contributed by atoms with Crippen molar-refractivity contribution in [1.82, 2.24) is 9.71 Å². The lowest BCUT2D eigenvalue weighted by Gasteiger charge is -2.42. The summed E-state index contributed by atoms with van der Waals surface area (Å²) in [6.45, 7) is 3.72. The first-order valence-electron chi connectivity index (χ1n) is 9.54. The van der Waals surface area contributed by atoms with E-state index in [1.165, 1.54) is 24.1 Å². The van der Waals surface area contributed by atoms with Gasteiger partial charge in [-0.15, -0.1) is 0 Å². The number of fused-ring (bicyclic) bond motifs is 1. The number of hydrogen-bond acceptors (Lipinski definition) is 3. The zero-order chi connectivity index (χ0) is 19.9. The van der Waals surface area contributed by atoms with Gasteiger partial charge < -0.3 is 0 Å². The van der Waals surface area contributed by atoms with Gasteiger partial charge in [0.15, 0.2) is 0 Å². The molecule has 1 saturated heterocycles. The van der Waals surface area contributed by atoms with Crippen LogP contribution in [0.5, 0.6) is 0 Å². The van der Waals surface area contributed by atoms with Crippen molar-refractivity contribution in [2.75, 3.05) is 0 Å². The van der Waals surface area contributed by atoms with Crippen molar-refractivity contribution in [3.8, 4) is 11.1 Å². The number of pyridine rings is 1. The highest BCUT2D eigenvalue weighted by Crippen LogP contribution is 2.52. The molecule has 2 fully saturated rings. The van der Waals surface area contributed by atoms with Crippen LogP contribution in [-0.2, 0) is 0 Å². The molecule has 1 aliphatic carbocycles. The first-order chi connectivity index (χ1) is 13.3. The van der Waals surface area contributed by atoms with E-state index < -0.39 is 11.8 Å². The van der Waals surface area contributed by atoms with Gasteiger partial charge in [0.2, 0.25) is 0 Å². The van der Waals surface area contributed by atoms with E-state index in [0.717, 1.165) is 11.1 Å². The Labute approximate surface area is 167 Å². The van der Waals surface area contributed by atoms with Crippen LogP contribution in [0.1, 0.15) is 26.0 Å². The molecule has 5 atom stereocenters. The maximum absolute atomic E-state index is 14.5. The maximum atomic E-state index is 14.5. The number of alkyl halides is 2. The molecule has 6 heteroatoms. The second kappa shape index (κ2) is 7.56. The fourth-order valence-corrected chi connectivity index (χ4v) is 5.78. The summed E-state index contributed by atoms with van der Waals surface area (Å²) in [5.74, 6) is -3.69. The van der Waals surface area contributed by atoms with Crippen LogP contribution < -0.4 is 4.72 Å². The van der Waals surface area contributed by atoms with Gasteiger partial charge in [0.1, 0.15) is 5.82 Å². The third kappa shape index (κ3) is 3.72.